The number of carboxylic acid groups (broad SMARTS) is 1. The van der Waals surface area contributed by atoms with E-state index in [9.17, 15) is 24.3 Å². The molecule has 0 heterocycles. The average molecular weight is 466 g/mol. The fourth-order valence-electron chi connectivity index (χ4n) is 2.24. The number of hydrogen-bond donors (Lipinski definition) is 10. The zero-order valence-electron chi connectivity index (χ0n) is 17.0. The van der Waals surface area contributed by atoms with Crippen molar-refractivity contribution in [2.75, 3.05) is 18.9 Å². The van der Waals surface area contributed by atoms with Crippen LogP contribution in [0.2, 0.25) is 0 Å². The fourth-order valence-corrected chi connectivity index (χ4v) is 2.41. The molecule has 0 aliphatic carbocycles. The molecular weight excluding hydrogens is 434 g/mol. The molecule has 0 radical (unpaired) electrons. The number of nitrogens with two attached hydrogens (primary N) is 3. The Morgan fingerprint density at radius 3 is 2.06 bits per heavy atom. The Morgan fingerprint density at radius 1 is 1.03 bits per heavy atom. The Morgan fingerprint density at radius 2 is 1.61 bits per heavy atom. The van der Waals surface area contributed by atoms with Gasteiger partial charge in [-0.3, -0.25) is 19.4 Å². The Balaban J connectivity index is 5.36. The molecule has 0 aromatic rings. The minimum atomic E-state index is -1.63. The molecule has 0 aliphatic rings. The van der Waals surface area contributed by atoms with Crippen molar-refractivity contribution in [1.82, 2.24) is 16.0 Å². The van der Waals surface area contributed by atoms with Crippen molar-refractivity contribution >= 4 is 42.3 Å². The van der Waals surface area contributed by atoms with E-state index in [4.69, 9.17) is 27.4 Å². The lowest BCUT2D eigenvalue weighted by molar-refractivity contribution is -0.144. The monoisotopic (exact) mass is 465 g/mol. The Kier molecular flexibility index (Phi) is 13.2. The van der Waals surface area contributed by atoms with Crippen molar-refractivity contribution in [2.45, 2.75) is 50.0 Å². The van der Waals surface area contributed by atoms with E-state index in [0.717, 1.165) is 0 Å². The summed E-state index contributed by atoms with van der Waals surface area (Å²) in [5.41, 5.74) is 16.1. The van der Waals surface area contributed by atoms with Gasteiger partial charge in [-0.15, -0.1) is 0 Å². The average Bonchev–Trinajstić information content (AvgIpc) is 2.70. The largest absolute Gasteiger partial charge is 0.480 e. The van der Waals surface area contributed by atoms with E-state index in [1.165, 1.54) is 6.92 Å². The normalized spacial score (nSPS) is 15.5. The van der Waals surface area contributed by atoms with E-state index in [-0.39, 0.29) is 31.1 Å². The summed E-state index contributed by atoms with van der Waals surface area (Å²) in [5.74, 6) is -4.17. The summed E-state index contributed by atoms with van der Waals surface area (Å²) < 4.78 is 0. The standard InChI is InChI=1S/C16H31N7O7S/c1-7(25)11(14(28)22-10(5-24)15(29)30)23-13(27)9(3-2-4-20-16(18)19)21-12(26)8(17)6-31/h7-11,24-25,31H,2-6,17H2,1H3,(H,21,26)(H,22,28)(H,23,27)(H,29,30)(H4,18,19,20). The predicted molar refractivity (Wildman–Crippen MR) is 114 cm³/mol. The third-order valence-corrected chi connectivity index (χ3v) is 4.36. The molecule has 15 heteroatoms. The number of amides is 3. The molecule has 0 fully saturated rings. The van der Waals surface area contributed by atoms with Crippen LogP contribution in [0.3, 0.4) is 0 Å². The van der Waals surface area contributed by atoms with E-state index >= 15 is 0 Å². The van der Waals surface area contributed by atoms with Crippen LogP contribution in [-0.4, -0.2) is 94.1 Å². The number of guanidine groups is 1. The van der Waals surface area contributed by atoms with E-state index in [1.807, 2.05) is 5.32 Å². The van der Waals surface area contributed by atoms with Gasteiger partial charge in [0, 0.05) is 12.3 Å². The number of thiol groups is 1. The van der Waals surface area contributed by atoms with Gasteiger partial charge in [-0.2, -0.15) is 12.6 Å². The first-order chi connectivity index (χ1) is 14.4. The number of carbonyl (C=O) groups excluding carboxylic acids is 3. The second-order valence-electron chi connectivity index (χ2n) is 6.61. The third-order valence-electron chi connectivity index (χ3n) is 3.97. The van der Waals surface area contributed by atoms with Gasteiger partial charge in [0.1, 0.15) is 18.1 Å². The number of nitrogens with zero attached hydrogens (tertiary/aromatic N) is 1. The lowest BCUT2D eigenvalue weighted by atomic mass is 10.1. The molecule has 0 rings (SSSR count). The highest BCUT2D eigenvalue weighted by Gasteiger charge is 2.32. The van der Waals surface area contributed by atoms with Crippen molar-refractivity contribution in [3.63, 3.8) is 0 Å². The van der Waals surface area contributed by atoms with Crippen LogP contribution in [0, 0.1) is 0 Å². The van der Waals surface area contributed by atoms with Crippen molar-refractivity contribution in [3.05, 3.63) is 0 Å². The highest BCUT2D eigenvalue weighted by Crippen LogP contribution is 2.03. The maximum Gasteiger partial charge on any atom is 0.328 e. The Bertz CT molecular complexity index is 658. The summed E-state index contributed by atoms with van der Waals surface area (Å²) in [6, 6.07) is -5.34. The number of aliphatic imine (C=N–C) groups is 1. The summed E-state index contributed by atoms with van der Waals surface area (Å²) in [4.78, 5) is 51.8. The highest BCUT2D eigenvalue weighted by atomic mass is 32.1. The van der Waals surface area contributed by atoms with E-state index < -0.39 is 60.6 Å². The summed E-state index contributed by atoms with van der Waals surface area (Å²) in [6.45, 7) is 0.465. The van der Waals surface area contributed by atoms with Gasteiger partial charge >= 0.3 is 5.97 Å². The smallest absolute Gasteiger partial charge is 0.328 e. The molecule has 0 saturated carbocycles. The van der Waals surface area contributed by atoms with E-state index in [1.54, 1.807) is 0 Å². The van der Waals surface area contributed by atoms with Crippen LogP contribution >= 0.6 is 12.6 Å². The number of carboxylic acids is 1. The van der Waals surface area contributed by atoms with Gasteiger partial charge < -0.3 is 48.5 Å². The zero-order chi connectivity index (χ0) is 24.1. The van der Waals surface area contributed by atoms with Gasteiger partial charge in [0.2, 0.25) is 17.7 Å². The highest BCUT2D eigenvalue weighted by molar-refractivity contribution is 7.80. The van der Waals surface area contributed by atoms with Crippen LogP contribution in [0.1, 0.15) is 19.8 Å². The number of hydrogen-bond acceptors (Lipinski definition) is 9. The van der Waals surface area contributed by atoms with Gasteiger partial charge in [-0.1, -0.05) is 0 Å². The third kappa shape index (κ3) is 10.8. The second-order valence-corrected chi connectivity index (χ2v) is 6.97. The van der Waals surface area contributed by atoms with Gasteiger partial charge in [-0.05, 0) is 19.8 Å². The Labute approximate surface area is 184 Å². The number of nitrogens with one attached hydrogen (secondary N) is 3. The van der Waals surface area contributed by atoms with Crippen LogP contribution < -0.4 is 33.2 Å². The van der Waals surface area contributed by atoms with E-state index in [2.05, 4.69) is 28.3 Å². The van der Waals surface area contributed by atoms with Crippen LogP contribution in [-0.2, 0) is 19.2 Å². The quantitative estimate of drug-likeness (QED) is 0.0506. The summed E-state index contributed by atoms with van der Waals surface area (Å²) in [5, 5.41) is 34.5. The molecule has 0 aliphatic heterocycles. The van der Waals surface area contributed by atoms with Crippen LogP contribution in [0.4, 0.5) is 0 Å². The molecule has 31 heavy (non-hydrogen) atoms. The van der Waals surface area contributed by atoms with Crippen molar-refractivity contribution in [3.8, 4) is 0 Å². The van der Waals surface area contributed by atoms with Gasteiger partial charge in [-0.25, -0.2) is 4.79 Å². The molecule has 5 unspecified atom stereocenters. The molecule has 3 amide bonds. The Hall–Kier alpha value is -2.62. The summed E-state index contributed by atoms with van der Waals surface area (Å²) in [6.07, 6.45) is -1.07. The topological polar surface area (TPSA) is 255 Å². The second kappa shape index (κ2) is 14.4. The molecule has 0 aromatic heterocycles. The summed E-state index contributed by atoms with van der Waals surface area (Å²) >= 11 is 3.92. The van der Waals surface area contributed by atoms with Crippen LogP contribution in [0.5, 0.6) is 0 Å². The molecule has 178 valence electrons. The maximum absolute atomic E-state index is 12.7. The molecule has 0 spiro atoms. The molecule has 5 atom stereocenters. The van der Waals surface area contributed by atoms with Crippen molar-refractivity contribution < 1.29 is 34.5 Å². The van der Waals surface area contributed by atoms with Crippen molar-refractivity contribution in [2.24, 2.45) is 22.2 Å². The lowest BCUT2D eigenvalue weighted by Crippen LogP contribution is -2.60. The molecule has 0 bridgehead atoms. The molecular formula is C16H31N7O7S. The predicted octanol–water partition coefficient (Wildman–Crippen LogP) is -4.79. The molecule has 0 saturated heterocycles. The number of rotatable bonds is 14. The number of aliphatic carboxylic acids is 1. The first-order valence-electron chi connectivity index (χ1n) is 9.29. The van der Waals surface area contributed by atoms with E-state index in [0.29, 0.717) is 0 Å². The minimum Gasteiger partial charge on any atom is -0.480 e. The molecule has 0 aromatic carbocycles. The SMILES string of the molecule is CC(O)C(NC(=O)C(CCCN=C(N)N)NC(=O)C(N)CS)C(=O)NC(CO)C(=O)O. The molecule has 14 nitrogen and oxygen atoms in total. The van der Waals surface area contributed by atoms with Gasteiger partial charge in [0.05, 0.1) is 18.8 Å². The maximum atomic E-state index is 12.7. The lowest BCUT2D eigenvalue weighted by Gasteiger charge is -2.26. The first-order valence-corrected chi connectivity index (χ1v) is 9.92. The van der Waals surface area contributed by atoms with Gasteiger partial charge in [0.25, 0.3) is 0 Å². The first kappa shape index (κ1) is 28.4. The number of aliphatic hydroxyl groups excluding tert-OH is 2. The number of aliphatic hydroxyl groups is 2. The zero-order valence-corrected chi connectivity index (χ0v) is 17.9. The fraction of sp³-hybridized carbons (Fsp3) is 0.688. The molecule has 12 N–H and O–H groups in total. The van der Waals surface area contributed by atoms with Gasteiger partial charge in [0.15, 0.2) is 5.96 Å². The number of carbonyl (C=O) groups is 4. The minimum absolute atomic E-state index is 0.0185. The van der Waals surface area contributed by atoms with Crippen molar-refractivity contribution in [1.29, 1.82) is 0 Å². The van der Waals surface area contributed by atoms with Crippen LogP contribution in [0.15, 0.2) is 4.99 Å². The summed E-state index contributed by atoms with van der Waals surface area (Å²) in [7, 11) is 0. The van der Waals surface area contributed by atoms with Crippen LogP contribution in [0.25, 0.3) is 0 Å².